The van der Waals surface area contributed by atoms with Gasteiger partial charge >= 0.3 is 49.6 Å². The van der Waals surface area contributed by atoms with E-state index in [0.29, 0.717) is 37.4 Å². The molecule has 1 rings (SSSR count). The van der Waals surface area contributed by atoms with Crippen molar-refractivity contribution in [3.05, 3.63) is 41.5 Å². The van der Waals surface area contributed by atoms with Crippen LogP contribution in [0.5, 0.6) is 0 Å². The zero-order chi connectivity index (χ0) is 19.1. The standard InChI is InChI=1S/C5H5.3C4H10N.F2GeH.Zr/c1-2-4-5-3-1;3*1-4(2)3-5;1-3-2;/h1-3H,4H2;3*4-5H,3H2,1-2H3;3H;/q4*-1;;+4. The molecule has 3 nitrogen and oxygen atoms in total. The molecule has 0 aliphatic heterocycles. The van der Waals surface area contributed by atoms with Crippen molar-refractivity contribution in [2.24, 2.45) is 17.8 Å². The zero-order valence-electron chi connectivity index (χ0n) is 16.1. The number of hydrogen-bond acceptors (Lipinski definition) is 0. The minimum absolute atomic E-state index is 0. The van der Waals surface area contributed by atoms with Crippen LogP contribution in [0.15, 0.2) is 18.2 Å². The second-order valence-electron chi connectivity index (χ2n) is 5.88. The van der Waals surface area contributed by atoms with E-state index in [1.807, 2.05) is 53.7 Å². The molecular formula is C17H36F2GeN3Zr. The van der Waals surface area contributed by atoms with Crippen molar-refractivity contribution in [2.75, 3.05) is 19.6 Å². The van der Waals surface area contributed by atoms with Gasteiger partial charge in [0.05, 0.1) is 0 Å². The summed E-state index contributed by atoms with van der Waals surface area (Å²) in [7, 11) is 0. The van der Waals surface area contributed by atoms with Gasteiger partial charge in [0.1, 0.15) is 0 Å². The molecule has 0 aromatic rings. The van der Waals surface area contributed by atoms with Gasteiger partial charge in [-0.15, -0.1) is 26.1 Å². The molecule has 0 atom stereocenters. The summed E-state index contributed by atoms with van der Waals surface area (Å²) >= 11 is -2.69. The summed E-state index contributed by atoms with van der Waals surface area (Å²) in [5.74, 6) is 1.65. The Morgan fingerprint density at radius 3 is 1.17 bits per heavy atom. The topological polar surface area (TPSA) is 71.4 Å². The maximum Gasteiger partial charge on any atom is 4.00 e. The fourth-order valence-electron chi connectivity index (χ4n) is 0.340. The Hall–Kier alpha value is 0.646. The van der Waals surface area contributed by atoms with Crippen LogP contribution in [0, 0.1) is 23.8 Å². The molecule has 0 saturated carbocycles. The largest absolute Gasteiger partial charge is 4.00 e. The van der Waals surface area contributed by atoms with E-state index in [1.165, 1.54) is 0 Å². The molecule has 1 aliphatic carbocycles. The van der Waals surface area contributed by atoms with E-state index in [-0.39, 0.29) is 26.2 Å². The van der Waals surface area contributed by atoms with Crippen molar-refractivity contribution in [2.45, 2.75) is 48.0 Å². The number of hydrogen-bond donors (Lipinski definition) is 0. The van der Waals surface area contributed by atoms with E-state index in [0.717, 1.165) is 6.42 Å². The van der Waals surface area contributed by atoms with Crippen LogP contribution in [0.1, 0.15) is 48.0 Å². The molecule has 7 heteroatoms. The number of nitrogens with one attached hydrogen (secondary N) is 3. The third-order valence-corrected chi connectivity index (χ3v) is 1.81. The first-order valence-electron chi connectivity index (χ1n) is 7.90. The van der Waals surface area contributed by atoms with Gasteiger partial charge in [-0.1, -0.05) is 59.3 Å². The van der Waals surface area contributed by atoms with Gasteiger partial charge in [-0.3, -0.25) is 6.08 Å². The van der Waals surface area contributed by atoms with Crippen LogP contribution in [0.25, 0.3) is 17.2 Å². The molecule has 0 bridgehead atoms. The SMILES string of the molecule is CC(C)C[NH-].CC(C)C[NH-].CC(C)C[NH-].[C-]1=CC=CC1.[F][GeH][F].[Zr+4]. The third-order valence-electron chi connectivity index (χ3n) is 1.81. The molecule has 1 aliphatic rings. The van der Waals surface area contributed by atoms with Crippen LogP contribution >= 0.6 is 0 Å². The predicted molar refractivity (Wildman–Crippen MR) is 103 cm³/mol. The van der Waals surface area contributed by atoms with Crippen molar-refractivity contribution in [3.63, 3.8) is 0 Å². The van der Waals surface area contributed by atoms with E-state index >= 15 is 0 Å². The van der Waals surface area contributed by atoms with Crippen molar-refractivity contribution in [3.8, 4) is 0 Å². The first-order chi connectivity index (χ1) is 10.7. The van der Waals surface area contributed by atoms with E-state index in [2.05, 4.69) is 12.2 Å². The fraction of sp³-hybridized carbons (Fsp3) is 0.765. The number of rotatable bonds is 3. The molecule has 141 valence electrons. The summed E-state index contributed by atoms with van der Waals surface area (Å²) in [6, 6.07) is 0. The van der Waals surface area contributed by atoms with Crippen molar-refractivity contribution >= 4 is 16.4 Å². The molecule has 0 aromatic carbocycles. The van der Waals surface area contributed by atoms with Crippen molar-refractivity contribution in [1.29, 1.82) is 0 Å². The molecular weight excluding hydrogens is 448 g/mol. The predicted octanol–water partition coefficient (Wildman–Crippen LogP) is 6.58. The molecule has 0 fully saturated rings. The quantitative estimate of drug-likeness (QED) is 0.321. The van der Waals surface area contributed by atoms with E-state index in [9.17, 15) is 7.00 Å². The summed E-state index contributed by atoms with van der Waals surface area (Å²) in [4.78, 5) is 0. The van der Waals surface area contributed by atoms with E-state index < -0.39 is 16.4 Å². The Balaban J connectivity index is -0.0000000627. The first-order valence-corrected chi connectivity index (χ1v) is 9.73. The Morgan fingerprint density at radius 2 is 1.12 bits per heavy atom. The monoisotopic (exact) mass is 484 g/mol. The second kappa shape index (κ2) is 34.9. The zero-order valence-corrected chi connectivity index (χ0v) is 21.0. The summed E-state index contributed by atoms with van der Waals surface area (Å²) in [6.07, 6.45) is 10.0. The van der Waals surface area contributed by atoms with Crippen molar-refractivity contribution in [1.82, 2.24) is 0 Å². The summed E-state index contributed by atoms with van der Waals surface area (Å²) in [5.41, 5.74) is 20.0. The van der Waals surface area contributed by atoms with Gasteiger partial charge in [0.15, 0.2) is 0 Å². The molecule has 0 saturated heterocycles. The molecule has 0 aromatic heterocycles. The average molecular weight is 484 g/mol. The van der Waals surface area contributed by atoms with Crippen molar-refractivity contribution < 1.29 is 33.2 Å². The Labute approximate surface area is 175 Å². The van der Waals surface area contributed by atoms with Crippen LogP contribution < -0.4 is 0 Å². The maximum atomic E-state index is 9.78. The molecule has 3 N–H and O–H groups in total. The van der Waals surface area contributed by atoms with Gasteiger partial charge < -0.3 is 17.2 Å². The van der Waals surface area contributed by atoms with Gasteiger partial charge in [-0.25, -0.2) is 12.2 Å². The van der Waals surface area contributed by atoms with E-state index in [1.54, 1.807) is 0 Å². The van der Waals surface area contributed by atoms with Gasteiger partial charge in [-0.05, 0) is 0 Å². The molecule has 0 spiro atoms. The van der Waals surface area contributed by atoms with Crippen LogP contribution in [0.3, 0.4) is 0 Å². The van der Waals surface area contributed by atoms with Gasteiger partial charge in [0, 0.05) is 0 Å². The smallest absolute Gasteiger partial charge is 4.00 e. The van der Waals surface area contributed by atoms with Gasteiger partial charge in [0.25, 0.3) is 0 Å². The Bertz CT molecular complexity index is 211. The van der Waals surface area contributed by atoms with Crippen LogP contribution in [0.4, 0.5) is 7.00 Å². The molecule has 0 amide bonds. The second-order valence-corrected chi connectivity index (χ2v) is 6.23. The van der Waals surface area contributed by atoms with Gasteiger partial charge in [0.2, 0.25) is 0 Å². The van der Waals surface area contributed by atoms with E-state index in [4.69, 9.17) is 17.2 Å². The average Bonchev–Trinajstić information content (AvgIpc) is 3.08. The third kappa shape index (κ3) is 78.2. The maximum absolute atomic E-state index is 9.78. The minimum Gasteiger partial charge on any atom is 4.00 e. The van der Waals surface area contributed by atoms with Gasteiger partial charge in [-0.2, -0.15) is 6.08 Å². The summed E-state index contributed by atoms with van der Waals surface area (Å²) in [5, 5.41) is 0. The molecule has 0 unspecified atom stereocenters. The summed E-state index contributed by atoms with van der Waals surface area (Å²) in [6.45, 7) is 13.9. The van der Waals surface area contributed by atoms with Crippen LogP contribution in [0.2, 0.25) is 0 Å². The Kier molecular flexibility index (Phi) is 51.9. The number of halogens is 2. The normalized spacial score (nSPS) is 10.4. The fourth-order valence-corrected chi connectivity index (χ4v) is 0.340. The number of allylic oxidation sites excluding steroid dienone is 4. The Morgan fingerprint density at radius 1 is 0.875 bits per heavy atom. The molecule has 24 heavy (non-hydrogen) atoms. The molecule has 1 radical (unpaired) electrons. The molecule has 0 heterocycles. The first kappa shape index (κ1) is 35.7. The van der Waals surface area contributed by atoms with Crippen LogP contribution in [-0.2, 0) is 26.2 Å². The summed E-state index contributed by atoms with van der Waals surface area (Å²) < 4.78 is 19.6. The minimum atomic E-state index is -2.69. The van der Waals surface area contributed by atoms with Crippen LogP contribution in [-0.4, -0.2) is 36.0 Å².